The fourth-order valence-corrected chi connectivity index (χ4v) is 5.93. The van der Waals surface area contributed by atoms with Gasteiger partial charge in [-0.05, 0) is 67.7 Å². The number of halogens is 1. The molecule has 1 aliphatic carbocycles. The summed E-state index contributed by atoms with van der Waals surface area (Å²) in [4.78, 5) is 18.5. The van der Waals surface area contributed by atoms with Crippen LogP contribution in [0.15, 0.2) is 41.8 Å². The SMILES string of the molecule is O=C(Cc1cccs1)N1CCC2(CC1)CC(N(Cc1ccc(F)cc1)C1CC1)CCO2. The summed E-state index contributed by atoms with van der Waals surface area (Å²) in [5.74, 6) is 0.0627. The van der Waals surface area contributed by atoms with Crippen molar-refractivity contribution >= 4 is 17.2 Å². The van der Waals surface area contributed by atoms with E-state index in [9.17, 15) is 9.18 Å². The predicted octanol–water partition coefficient (Wildman–Crippen LogP) is 4.63. The van der Waals surface area contributed by atoms with Gasteiger partial charge in [0.25, 0.3) is 0 Å². The number of piperidine rings is 1. The number of hydrogen-bond donors (Lipinski definition) is 0. The molecule has 3 fully saturated rings. The molecule has 0 N–H and O–H groups in total. The molecule has 1 aromatic carbocycles. The standard InChI is InChI=1S/C25H31FN2O2S/c26-20-5-3-19(4-6-20)18-28(21-7-8-21)22-9-14-30-25(17-22)10-12-27(13-11-25)24(29)16-23-2-1-15-31-23/h1-6,15,21-22H,7-14,16-18H2. The molecular formula is C25H31FN2O2S. The fraction of sp³-hybridized carbons (Fsp3) is 0.560. The first kappa shape index (κ1) is 21.1. The van der Waals surface area contributed by atoms with Crippen molar-refractivity contribution in [1.82, 2.24) is 9.80 Å². The monoisotopic (exact) mass is 442 g/mol. The summed E-state index contributed by atoms with van der Waals surface area (Å²) < 4.78 is 19.7. The third kappa shape index (κ3) is 5.02. The maximum absolute atomic E-state index is 13.3. The topological polar surface area (TPSA) is 32.8 Å². The number of thiophene rings is 1. The van der Waals surface area contributed by atoms with E-state index in [2.05, 4.69) is 4.90 Å². The molecule has 6 heteroatoms. The molecule has 31 heavy (non-hydrogen) atoms. The number of hydrogen-bond acceptors (Lipinski definition) is 4. The number of carbonyl (C=O) groups excluding carboxylic acids is 1. The van der Waals surface area contributed by atoms with E-state index in [4.69, 9.17) is 4.74 Å². The zero-order chi connectivity index (χ0) is 21.3. The second-order valence-corrected chi connectivity index (χ2v) is 10.4. The average Bonchev–Trinajstić information content (AvgIpc) is 3.49. The molecule has 166 valence electrons. The number of likely N-dealkylation sites (tertiary alicyclic amines) is 1. The first-order valence-corrected chi connectivity index (χ1v) is 12.4. The lowest BCUT2D eigenvalue weighted by atomic mass is 9.81. The summed E-state index contributed by atoms with van der Waals surface area (Å²) in [6.07, 6.45) is 6.98. The van der Waals surface area contributed by atoms with Crippen LogP contribution in [0.1, 0.15) is 49.0 Å². The molecule has 3 heterocycles. The molecule has 5 rings (SSSR count). The smallest absolute Gasteiger partial charge is 0.227 e. The molecule has 1 unspecified atom stereocenters. The van der Waals surface area contributed by atoms with E-state index < -0.39 is 0 Å². The van der Waals surface area contributed by atoms with Crippen molar-refractivity contribution in [3.8, 4) is 0 Å². The van der Waals surface area contributed by atoms with Crippen molar-refractivity contribution < 1.29 is 13.9 Å². The Balaban J connectivity index is 1.20. The normalized spacial score (nSPS) is 23.4. The van der Waals surface area contributed by atoms with Gasteiger partial charge in [0.2, 0.25) is 5.91 Å². The minimum absolute atomic E-state index is 0.0986. The molecule has 1 spiro atoms. The van der Waals surface area contributed by atoms with Gasteiger partial charge in [-0.25, -0.2) is 4.39 Å². The zero-order valence-electron chi connectivity index (χ0n) is 18.0. The van der Waals surface area contributed by atoms with Crippen LogP contribution in [0.4, 0.5) is 4.39 Å². The Hall–Kier alpha value is -1.76. The van der Waals surface area contributed by atoms with Crippen molar-refractivity contribution in [2.24, 2.45) is 0 Å². The maximum Gasteiger partial charge on any atom is 0.227 e. The maximum atomic E-state index is 13.3. The predicted molar refractivity (Wildman–Crippen MR) is 121 cm³/mol. The summed E-state index contributed by atoms with van der Waals surface area (Å²) in [7, 11) is 0. The van der Waals surface area contributed by atoms with E-state index in [1.54, 1.807) is 23.5 Å². The van der Waals surface area contributed by atoms with Crippen LogP contribution in [0, 0.1) is 5.82 Å². The number of ether oxygens (including phenoxy) is 1. The summed E-state index contributed by atoms with van der Waals surface area (Å²) >= 11 is 1.65. The molecule has 2 aromatic rings. The van der Waals surface area contributed by atoms with E-state index >= 15 is 0 Å². The van der Waals surface area contributed by atoms with E-state index in [1.807, 2.05) is 34.5 Å². The Kier molecular flexibility index (Phi) is 6.13. The number of nitrogens with zero attached hydrogens (tertiary/aromatic N) is 2. The third-order valence-corrected chi connectivity index (χ3v) is 8.04. The summed E-state index contributed by atoms with van der Waals surface area (Å²) in [6, 6.07) is 12.2. The highest BCUT2D eigenvalue weighted by Gasteiger charge is 2.44. The molecule has 0 bridgehead atoms. The van der Waals surface area contributed by atoms with Crippen LogP contribution in [0.5, 0.6) is 0 Å². The van der Waals surface area contributed by atoms with Gasteiger partial charge in [-0.2, -0.15) is 0 Å². The number of amides is 1. The van der Waals surface area contributed by atoms with E-state index in [-0.39, 0.29) is 17.3 Å². The second-order valence-electron chi connectivity index (χ2n) is 9.34. The highest BCUT2D eigenvalue weighted by Crippen LogP contribution is 2.40. The largest absolute Gasteiger partial charge is 0.375 e. The van der Waals surface area contributed by atoms with Crippen LogP contribution >= 0.6 is 11.3 Å². The number of rotatable bonds is 6. The van der Waals surface area contributed by atoms with Crippen LogP contribution < -0.4 is 0 Å². The Morgan fingerprint density at radius 1 is 1.13 bits per heavy atom. The molecular weight excluding hydrogens is 411 g/mol. The highest BCUT2D eigenvalue weighted by atomic mass is 32.1. The van der Waals surface area contributed by atoms with Crippen LogP contribution in [0.2, 0.25) is 0 Å². The van der Waals surface area contributed by atoms with Gasteiger partial charge >= 0.3 is 0 Å². The van der Waals surface area contributed by atoms with E-state index in [1.165, 1.54) is 18.4 Å². The third-order valence-electron chi connectivity index (χ3n) is 7.16. The van der Waals surface area contributed by atoms with Crippen LogP contribution in [0.25, 0.3) is 0 Å². The van der Waals surface area contributed by atoms with E-state index in [0.29, 0.717) is 18.5 Å². The van der Waals surface area contributed by atoms with Crippen molar-refractivity contribution in [1.29, 1.82) is 0 Å². The molecule has 0 radical (unpaired) electrons. The molecule has 4 nitrogen and oxygen atoms in total. The Bertz CT molecular complexity index is 873. The van der Waals surface area contributed by atoms with Gasteiger partial charge in [0.15, 0.2) is 0 Å². The van der Waals surface area contributed by atoms with Gasteiger partial charge in [-0.15, -0.1) is 11.3 Å². The van der Waals surface area contributed by atoms with Crippen molar-refractivity contribution in [3.63, 3.8) is 0 Å². The molecule has 1 saturated carbocycles. The minimum atomic E-state index is -0.174. The van der Waals surface area contributed by atoms with Gasteiger partial charge in [0.1, 0.15) is 5.82 Å². The summed E-state index contributed by atoms with van der Waals surface area (Å²) in [5.41, 5.74) is 1.08. The van der Waals surface area contributed by atoms with Crippen LogP contribution in [-0.2, 0) is 22.5 Å². The number of benzene rings is 1. The first-order chi connectivity index (χ1) is 15.1. The molecule has 2 aliphatic heterocycles. The highest BCUT2D eigenvalue weighted by molar-refractivity contribution is 7.10. The Labute approximate surface area is 188 Å². The minimum Gasteiger partial charge on any atom is -0.375 e. The average molecular weight is 443 g/mol. The van der Waals surface area contributed by atoms with Gasteiger partial charge in [-0.1, -0.05) is 18.2 Å². The van der Waals surface area contributed by atoms with E-state index in [0.717, 1.165) is 56.8 Å². The summed E-state index contributed by atoms with van der Waals surface area (Å²) in [6.45, 7) is 3.26. The van der Waals surface area contributed by atoms with Gasteiger partial charge in [-0.3, -0.25) is 9.69 Å². The lowest BCUT2D eigenvalue weighted by Crippen LogP contribution is -2.54. The summed E-state index contributed by atoms with van der Waals surface area (Å²) in [5, 5.41) is 2.03. The van der Waals surface area contributed by atoms with Gasteiger partial charge in [0.05, 0.1) is 12.0 Å². The van der Waals surface area contributed by atoms with Gasteiger partial charge in [0, 0.05) is 43.2 Å². The lowest BCUT2D eigenvalue weighted by Gasteiger charge is -2.48. The van der Waals surface area contributed by atoms with Crippen LogP contribution in [-0.4, -0.2) is 53.1 Å². The molecule has 3 aliphatic rings. The zero-order valence-corrected chi connectivity index (χ0v) is 18.8. The number of carbonyl (C=O) groups is 1. The Morgan fingerprint density at radius 2 is 1.90 bits per heavy atom. The second kappa shape index (κ2) is 9.00. The fourth-order valence-electron chi connectivity index (χ4n) is 5.23. The quantitative estimate of drug-likeness (QED) is 0.654. The lowest BCUT2D eigenvalue weighted by molar-refractivity contribution is -0.149. The Morgan fingerprint density at radius 3 is 2.58 bits per heavy atom. The first-order valence-electron chi connectivity index (χ1n) is 11.5. The van der Waals surface area contributed by atoms with Crippen molar-refractivity contribution in [2.45, 2.75) is 69.2 Å². The van der Waals surface area contributed by atoms with Crippen molar-refractivity contribution in [2.75, 3.05) is 19.7 Å². The molecule has 1 amide bonds. The van der Waals surface area contributed by atoms with Crippen LogP contribution in [0.3, 0.4) is 0 Å². The molecule has 1 atom stereocenters. The van der Waals surface area contributed by atoms with Gasteiger partial charge < -0.3 is 9.64 Å². The van der Waals surface area contributed by atoms with Crippen molar-refractivity contribution in [3.05, 3.63) is 58.0 Å². The molecule has 1 aromatic heterocycles. The molecule has 2 saturated heterocycles.